The Balaban J connectivity index is 1.61. The van der Waals surface area contributed by atoms with E-state index in [2.05, 4.69) is 4.90 Å². The third-order valence-electron chi connectivity index (χ3n) is 7.52. The first-order chi connectivity index (χ1) is 14.7. The third-order valence-corrected chi connectivity index (χ3v) is 7.52. The smallest absolute Gasteiger partial charge is 0.352 e. The predicted octanol–water partition coefficient (Wildman–Crippen LogP) is 0.951. The summed E-state index contributed by atoms with van der Waals surface area (Å²) in [6.45, 7) is 3.27. The Labute approximate surface area is 180 Å². The second kappa shape index (κ2) is 6.79. The average molecular weight is 429 g/mol. The van der Waals surface area contributed by atoms with E-state index in [9.17, 15) is 19.8 Å². The minimum absolute atomic E-state index is 0.0979. The van der Waals surface area contributed by atoms with E-state index in [-0.39, 0.29) is 12.6 Å². The summed E-state index contributed by atoms with van der Waals surface area (Å²) in [5.74, 6) is -0.346. The molecule has 8 heteroatoms. The number of rotatable bonds is 4. The van der Waals surface area contributed by atoms with Crippen LogP contribution in [0.2, 0.25) is 0 Å². The van der Waals surface area contributed by atoms with Gasteiger partial charge in [0.2, 0.25) is 0 Å². The second-order valence-corrected chi connectivity index (χ2v) is 9.07. The van der Waals surface area contributed by atoms with Gasteiger partial charge in [0.25, 0.3) is 0 Å². The molecule has 8 nitrogen and oxygen atoms in total. The highest BCUT2D eigenvalue weighted by molar-refractivity contribution is 5.79. The molecule has 1 aromatic rings. The molecule has 31 heavy (non-hydrogen) atoms. The number of likely N-dealkylation sites (tertiary alicyclic amines) is 1. The number of hydrogen-bond donors (Lipinski definition) is 2. The summed E-state index contributed by atoms with van der Waals surface area (Å²) in [6.07, 6.45) is 1.60. The van der Waals surface area contributed by atoms with Crippen LogP contribution in [0.4, 0.5) is 0 Å². The Kier molecular flexibility index (Phi) is 4.48. The van der Waals surface area contributed by atoms with Gasteiger partial charge in [0, 0.05) is 30.5 Å². The molecule has 4 aliphatic rings. The van der Waals surface area contributed by atoms with E-state index in [1.54, 1.807) is 6.08 Å². The van der Waals surface area contributed by atoms with Gasteiger partial charge >= 0.3 is 11.9 Å². The van der Waals surface area contributed by atoms with Crippen LogP contribution in [-0.4, -0.2) is 64.5 Å². The van der Waals surface area contributed by atoms with Crippen LogP contribution >= 0.6 is 0 Å². The fourth-order valence-electron chi connectivity index (χ4n) is 6.13. The first-order valence-corrected chi connectivity index (χ1v) is 10.7. The van der Waals surface area contributed by atoms with Crippen molar-refractivity contribution in [2.45, 2.75) is 69.0 Å². The molecule has 2 aliphatic carbocycles. The summed E-state index contributed by atoms with van der Waals surface area (Å²) >= 11 is 0. The number of nitrogens with zero attached hydrogens (tertiary/aromatic N) is 1. The first kappa shape index (κ1) is 20.5. The van der Waals surface area contributed by atoms with Crippen LogP contribution in [0, 0.1) is 0 Å². The quantitative estimate of drug-likeness (QED) is 0.682. The molecule has 0 amide bonds. The minimum Gasteiger partial charge on any atom is -0.481 e. The molecular formula is C23H27NO7. The minimum atomic E-state index is -1.09. The zero-order valence-electron chi connectivity index (χ0n) is 17.9. The third kappa shape index (κ3) is 2.58. The molecule has 1 aromatic carbocycles. The molecule has 5 atom stereocenters. The SMILES string of the molecule is CC(=O)O[C@@H](C)C(=O)OC1=CC[C@@]2(O)[C@H]3Cc4ccc(CO)c5c4[C@@]2(CCN3C)[C@H]1O5. The predicted molar refractivity (Wildman–Crippen MR) is 108 cm³/mol. The molecule has 0 aromatic heterocycles. The number of ether oxygens (including phenoxy) is 3. The molecule has 0 unspecified atom stereocenters. The van der Waals surface area contributed by atoms with Gasteiger partial charge in [0.15, 0.2) is 12.2 Å². The van der Waals surface area contributed by atoms with E-state index in [0.29, 0.717) is 36.3 Å². The van der Waals surface area contributed by atoms with E-state index in [1.165, 1.54) is 13.8 Å². The second-order valence-electron chi connectivity index (χ2n) is 9.07. The summed E-state index contributed by atoms with van der Waals surface area (Å²) < 4.78 is 17.0. The van der Waals surface area contributed by atoms with E-state index in [0.717, 1.165) is 17.7 Å². The molecule has 0 radical (unpaired) electrons. The van der Waals surface area contributed by atoms with Gasteiger partial charge in [-0.25, -0.2) is 4.79 Å². The highest BCUT2D eigenvalue weighted by atomic mass is 16.6. The highest BCUT2D eigenvalue weighted by Gasteiger charge is 2.71. The van der Waals surface area contributed by atoms with Gasteiger partial charge in [-0.15, -0.1) is 0 Å². The molecule has 2 bridgehead atoms. The number of likely N-dealkylation sites (N-methyl/N-ethyl adjacent to an activating group) is 1. The Morgan fingerprint density at radius 2 is 2.16 bits per heavy atom. The Morgan fingerprint density at radius 3 is 2.87 bits per heavy atom. The maximum Gasteiger partial charge on any atom is 0.352 e. The summed E-state index contributed by atoms with van der Waals surface area (Å²) in [5, 5.41) is 22.0. The Hall–Kier alpha value is -2.42. The zero-order chi connectivity index (χ0) is 22.1. The van der Waals surface area contributed by atoms with Gasteiger partial charge in [0.1, 0.15) is 11.5 Å². The van der Waals surface area contributed by atoms with Gasteiger partial charge in [0.05, 0.1) is 17.6 Å². The number of hydrogen-bond acceptors (Lipinski definition) is 8. The molecule has 2 aliphatic heterocycles. The number of benzene rings is 1. The normalized spacial score (nSPS) is 33.6. The van der Waals surface area contributed by atoms with E-state index in [1.807, 2.05) is 19.2 Å². The number of carbonyl (C=O) groups excluding carboxylic acids is 2. The van der Waals surface area contributed by atoms with Gasteiger partial charge in [-0.05, 0) is 45.0 Å². The largest absolute Gasteiger partial charge is 0.481 e. The molecule has 5 rings (SSSR count). The lowest BCUT2D eigenvalue weighted by atomic mass is 9.50. The topological polar surface area (TPSA) is 106 Å². The summed E-state index contributed by atoms with van der Waals surface area (Å²) in [6, 6.07) is 3.77. The number of aliphatic hydroxyl groups is 2. The summed E-state index contributed by atoms with van der Waals surface area (Å²) in [7, 11) is 2.02. The van der Waals surface area contributed by atoms with Crippen molar-refractivity contribution in [2.24, 2.45) is 0 Å². The molecule has 2 heterocycles. The maximum absolute atomic E-state index is 12.6. The van der Waals surface area contributed by atoms with Crippen molar-refractivity contribution in [3.63, 3.8) is 0 Å². The molecular weight excluding hydrogens is 402 g/mol. The highest BCUT2D eigenvalue weighted by Crippen LogP contribution is 2.64. The maximum atomic E-state index is 12.6. The van der Waals surface area contributed by atoms with Crippen LogP contribution < -0.4 is 4.74 Å². The Bertz CT molecular complexity index is 1000. The molecule has 166 valence electrons. The number of esters is 2. The monoisotopic (exact) mass is 429 g/mol. The summed E-state index contributed by atoms with van der Waals surface area (Å²) in [5.41, 5.74) is 0.824. The lowest BCUT2D eigenvalue weighted by Gasteiger charge is -2.61. The van der Waals surface area contributed by atoms with Crippen LogP contribution in [0.1, 0.15) is 43.4 Å². The van der Waals surface area contributed by atoms with E-state index < -0.39 is 35.2 Å². The molecule has 2 N–H and O–H groups in total. The van der Waals surface area contributed by atoms with Crippen molar-refractivity contribution < 1.29 is 34.0 Å². The van der Waals surface area contributed by atoms with E-state index in [4.69, 9.17) is 14.2 Å². The van der Waals surface area contributed by atoms with Crippen LogP contribution in [0.3, 0.4) is 0 Å². The van der Waals surface area contributed by atoms with Crippen LogP contribution in [0.15, 0.2) is 24.0 Å². The molecule has 1 spiro atoms. The number of piperidine rings is 1. The average Bonchev–Trinajstić information content (AvgIpc) is 3.07. The van der Waals surface area contributed by atoms with Crippen molar-refractivity contribution in [1.82, 2.24) is 4.90 Å². The van der Waals surface area contributed by atoms with Gasteiger partial charge in [-0.1, -0.05) is 12.1 Å². The zero-order valence-corrected chi connectivity index (χ0v) is 17.9. The van der Waals surface area contributed by atoms with Crippen molar-refractivity contribution in [3.8, 4) is 5.75 Å². The summed E-state index contributed by atoms with van der Waals surface area (Å²) in [4.78, 5) is 26.0. The van der Waals surface area contributed by atoms with E-state index >= 15 is 0 Å². The van der Waals surface area contributed by atoms with Gasteiger partial charge < -0.3 is 29.3 Å². The lowest BCUT2D eigenvalue weighted by molar-refractivity contribution is -0.175. The van der Waals surface area contributed by atoms with Crippen molar-refractivity contribution in [2.75, 3.05) is 13.6 Å². The van der Waals surface area contributed by atoms with Crippen LogP contribution in [-0.2, 0) is 37.5 Å². The number of carbonyl (C=O) groups is 2. The van der Waals surface area contributed by atoms with Gasteiger partial charge in [-0.2, -0.15) is 0 Å². The Morgan fingerprint density at radius 1 is 1.39 bits per heavy atom. The van der Waals surface area contributed by atoms with Crippen molar-refractivity contribution in [3.05, 3.63) is 40.7 Å². The molecule has 1 saturated heterocycles. The standard InChI is InChI=1S/C23H27NO7/c1-12(29-13(2)26)21(27)30-16-6-7-23(28)17-10-14-4-5-15(11-25)19-18(14)22(23,20(16)31-19)8-9-24(17)3/h4-6,12,17,20,25,28H,7-11H2,1-3H3/t12-,17+,20-,22-,23+/m0/s1. The van der Waals surface area contributed by atoms with Crippen LogP contribution in [0.25, 0.3) is 0 Å². The fourth-order valence-corrected chi connectivity index (χ4v) is 6.13. The van der Waals surface area contributed by atoms with Crippen LogP contribution in [0.5, 0.6) is 5.75 Å². The fraction of sp³-hybridized carbons (Fsp3) is 0.565. The van der Waals surface area contributed by atoms with Crippen molar-refractivity contribution in [1.29, 1.82) is 0 Å². The molecule has 1 fully saturated rings. The number of aliphatic hydroxyl groups excluding tert-OH is 1. The lowest BCUT2D eigenvalue weighted by Crippen LogP contribution is -2.74. The van der Waals surface area contributed by atoms with Gasteiger partial charge in [-0.3, -0.25) is 4.79 Å². The van der Waals surface area contributed by atoms with Crippen molar-refractivity contribution >= 4 is 11.9 Å². The molecule has 0 saturated carbocycles. The first-order valence-electron chi connectivity index (χ1n) is 10.7.